The van der Waals surface area contributed by atoms with Crippen molar-refractivity contribution in [1.82, 2.24) is 0 Å². The summed E-state index contributed by atoms with van der Waals surface area (Å²) in [7, 11) is 0. The summed E-state index contributed by atoms with van der Waals surface area (Å²) in [6.45, 7) is 2.85. The van der Waals surface area contributed by atoms with Gasteiger partial charge in [0.25, 0.3) is 0 Å². The van der Waals surface area contributed by atoms with Crippen LogP contribution < -0.4 is 4.90 Å². The van der Waals surface area contributed by atoms with E-state index in [0.29, 0.717) is 18.2 Å². The summed E-state index contributed by atoms with van der Waals surface area (Å²) in [5, 5.41) is 9.34. The number of para-hydroxylation sites is 1. The molecule has 3 nitrogen and oxygen atoms in total. The molecule has 1 unspecified atom stereocenters. The van der Waals surface area contributed by atoms with Gasteiger partial charge in [0.1, 0.15) is 0 Å². The minimum Gasteiger partial charge on any atom is -0.478 e. The van der Waals surface area contributed by atoms with Crippen LogP contribution >= 0.6 is 0 Å². The summed E-state index contributed by atoms with van der Waals surface area (Å²) < 4.78 is 0. The monoisotopic (exact) mass is 281 g/mol. The van der Waals surface area contributed by atoms with E-state index in [0.717, 1.165) is 18.4 Å². The van der Waals surface area contributed by atoms with E-state index < -0.39 is 5.97 Å². The molecule has 0 radical (unpaired) electrons. The molecule has 0 saturated carbocycles. The molecule has 1 aliphatic heterocycles. The molecule has 1 aliphatic rings. The van der Waals surface area contributed by atoms with Gasteiger partial charge in [-0.05, 0) is 43.0 Å². The van der Waals surface area contributed by atoms with Gasteiger partial charge in [-0.15, -0.1) is 0 Å². The van der Waals surface area contributed by atoms with Gasteiger partial charge < -0.3 is 10.0 Å². The van der Waals surface area contributed by atoms with E-state index in [-0.39, 0.29) is 0 Å². The van der Waals surface area contributed by atoms with Gasteiger partial charge in [-0.1, -0.05) is 36.4 Å². The number of carboxylic acids is 1. The van der Waals surface area contributed by atoms with Crippen LogP contribution in [0.3, 0.4) is 0 Å². The highest BCUT2D eigenvalue weighted by Gasteiger charge is 2.24. The Bertz CT molecular complexity index is 666. The van der Waals surface area contributed by atoms with E-state index in [4.69, 9.17) is 0 Å². The highest BCUT2D eigenvalue weighted by molar-refractivity contribution is 5.89. The van der Waals surface area contributed by atoms with Gasteiger partial charge in [0.05, 0.1) is 5.56 Å². The summed E-state index contributed by atoms with van der Waals surface area (Å²) in [6, 6.07) is 16.1. The molecule has 3 rings (SSSR count). The number of rotatable bonds is 3. The Morgan fingerprint density at radius 3 is 2.71 bits per heavy atom. The lowest BCUT2D eigenvalue weighted by molar-refractivity contribution is 0.0695. The number of fused-ring (bicyclic) bond motifs is 1. The lowest BCUT2D eigenvalue weighted by Gasteiger charge is -2.37. The van der Waals surface area contributed by atoms with Crippen LogP contribution in [0.5, 0.6) is 0 Å². The molecule has 3 heteroatoms. The molecular formula is C18H19NO2. The zero-order chi connectivity index (χ0) is 14.8. The number of aromatic carboxylic acids is 1. The van der Waals surface area contributed by atoms with Crippen molar-refractivity contribution in [2.24, 2.45) is 0 Å². The molecule has 108 valence electrons. The van der Waals surface area contributed by atoms with Crippen molar-refractivity contribution >= 4 is 11.7 Å². The SMILES string of the molecule is CC1CCc2ccccc2N1Cc1ccccc1C(=O)O. The van der Waals surface area contributed by atoms with Crippen molar-refractivity contribution in [3.05, 3.63) is 65.2 Å². The number of benzene rings is 2. The van der Waals surface area contributed by atoms with Crippen LogP contribution in [-0.2, 0) is 13.0 Å². The summed E-state index contributed by atoms with van der Waals surface area (Å²) in [5.41, 5.74) is 3.85. The van der Waals surface area contributed by atoms with Gasteiger partial charge in [-0.25, -0.2) is 4.79 Å². The van der Waals surface area contributed by atoms with E-state index >= 15 is 0 Å². The summed E-state index contributed by atoms with van der Waals surface area (Å²) in [4.78, 5) is 13.7. The van der Waals surface area contributed by atoms with Crippen LogP contribution in [0, 0.1) is 0 Å². The summed E-state index contributed by atoms with van der Waals surface area (Å²) >= 11 is 0. The fourth-order valence-corrected chi connectivity index (χ4v) is 3.05. The first-order valence-corrected chi connectivity index (χ1v) is 7.32. The van der Waals surface area contributed by atoms with Crippen LogP contribution in [0.2, 0.25) is 0 Å². The molecule has 0 saturated heterocycles. The zero-order valence-electron chi connectivity index (χ0n) is 12.1. The smallest absolute Gasteiger partial charge is 0.336 e. The second-order valence-electron chi connectivity index (χ2n) is 5.61. The predicted octanol–water partition coefficient (Wildman–Crippen LogP) is 3.73. The van der Waals surface area contributed by atoms with Gasteiger partial charge in [-0.3, -0.25) is 0 Å². The Kier molecular flexibility index (Phi) is 3.65. The van der Waals surface area contributed by atoms with Gasteiger partial charge in [0.15, 0.2) is 0 Å². The predicted molar refractivity (Wildman–Crippen MR) is 83.8 cm³/mol. The van der Waals surface area contributed by atoms with Gasteiger partial charge in [0, 0.05) is 18.3 Å². The van der Waals surface area contributed by atoms with Crippen molar-refractivity contribution in [1.29, 1.82) is 0 Å². The average Bonchev–Trinajstić information content (AvgIpc) is 2.50. The van der Waals surface area contributed by atoms with Crippen LogP contribution in [0.15, 0.2) is 48.5 Å². The number of carbonyl (C=O) groups is 1. The first kappa shape index (κ1) is 13.7. The molecule has 0 fully saturated rings. The lowest BCUT2D eigenvalue weighted by atomic mass is 9.95. The fraction of sp³-hybridized carbons (Fsp3) is 0.278. The number of aryl methyl sites for hydroxylation is 1. The van der Waals surface area contributed by atoms with Crippen molar-refractivity contribution in [3.8, 4) is 0 Å². The molecule has 1 heterocycles. The van der Waals surface area contributed by atoms with Crippen molar-refractivity contribution in [2.75, 3.05) is 4.90 Å². The first-order chi connectivity index (χ1) is 10.2. The lowest BCUT2D eigenvalue weighted by Crippen LogP contribution is -2.37. The average molecular weight is 281 g/mol. The van der Waals surface area contributed by atoms with Crippen LogP contribution in [-0.4, -0.2) is 17.1 Å². The number of nitrogens with zero attached hydrogens (tertiary/aromatic N) is 1. The van der Waals surface area contributed by atoms with Gasteiger partial charge in [-0.2, -0.15) is 0 Å². The van der Waals surface area contributed by atoms with Gasteiger partial charge in [0.2, 0.25) is 0 Å². The van der Waals surface area contributed by atoms with Crippen molar-refractivity contribution in [3.63, 3.8) is 0 Å². The number of anilines is 1. The molecule has 0 spiro atoms. The highest BCUT2D eigenvalue weighted by atomic mass is 16.4. The van der Waals surface area contributed by atoms with Crippen molar-refractivity contribution in [2.45, 2.75) is 32.4 Å². The molecule has 0 amide bonds. The number of hydrogen-bond donors (Lipinski definition) is 1. The Labute approximate surface area is 124 Å². The molecule has 2 aromatic rings. The molecule has 1 N–H and O–H groups in total. The van der Waals surface area contributed by atoms with E-state index in [1.165, 1.54) is 11.3 Å². The molecule has 1 atom stereocenters. The quantitative estimate of drug-likeness (QED) is 0.932. The second kappa shape index (κ2) is 5.60. The van der Waals surface area contributed by atoms with Crippen LogP contribution in [0.25, 0.3) is 0 Å². The third-order valence-electron chi connectivity index (χ3n) is 4.25. The number of carboxylic acid groups (broad SMARTS) is 1. The Morgan fingerprint density at radius 1 is 1.19 bits per heavy atom. The second-order valence-corrected chi connectivity index (χ2v) is 5.61. The maximum absolute atomic E-state index is 11.4. The first-order valence-electron chi connectivity index (χ1n) is 7.32. The van der Waals surface area contributed by atoms with E-state index in [9.17, 15) is 9.90 Å². The minimum absolute atomic E-state index is 0.396. The Morgan fingerprint density at radius 2 is 1.90 bits per heavy atom. The molecular weight excluding hydrogens is 262 g/mol. The zero-order valence-corrected chi connectivity index (χ0v) is 12.1. The van der Waals surface area contributed by atoms with Crippen LogP contribution in [0.4, 0.5) is 5.69 Å². The normalized spacial score (nSPS) is 17.4. The maximum atomic E-state index is 11.4. The van der Waals surface area contributed by atoms with E-state index in [2.05, 4.69) is 30.0 Å². The Balaban J connectivity index is 1.97. The van der Waals surface area contributed by atoms with Gasteiger partial charge >= 0.3 is 5.97 Å². The molecule has 0 bridgehead atoms. The fourth-order valence-electron chi connectivity index (χ4n) is 3.05. The molecule has 0 aliphatic carbocycles. The molecule has 0 aromatic heterocycles. The largest absolute Gasteiger partial charge is 0.478 e. The summed E-state index contributed by atoms with van der Waals surface area (Å²) in [5.74, 6) is -0.858. The van der Waals surface area contributed by atoms with E-state index in [1.54, 1.807) is 12.1 Å². The topological polar surface area (TPSA) is 40.5 Å². The summed E-state index contributed by atoms with van der Waals surface area (Å²) in [6.07, 6.45) is 2.20. The van der Waals surface area contributed by atoms with E-state index in [1.807, 2.05) is 18.2 Å². The third kappa shape index (κ3) is 2.64. The minimum atomic E-state index is -0.858. The maximum Gasteiger partial charge on any atom is 0.336 e. The highest BCUT2D eigenvalue weighted by Crippen LogP contribution is 2.32. The Hall–Kier alpha value is -2.29. The molecule has 2 aromatic carbocycles. The third-order valence-corrected chi connectivity index (χ3v) is 4.25. The van der Waals surface area contributed by atoms with Crippen LogP contribution in [0.1, 0.15) is 34.8 Å². The number of hydrogen-bond acceptors (Lipinski definition) is 2. The molecule has 21 heavy (non-hydrogen) atoms. The van der Waals surface area contributed by atoms with Crippen molar-refractivity contribution < 1.29 is 9.90 Å². The standard InChI is InChI=1S/C18H19NO2/c1-13-10-11-14-6-3-5-9-17(14)19(13)12-15-7-2-4-8-16(15)18(20)21/h2-9,13H,10-12H2,1H3,(H,20,21).